The van der Waals surface area contributed by atoms with Gasteiger partial charge in [0.1, 0.15) is 0 Å². The molecule has 0 aliphatic heterocycles. The predicted octanol–water partition coefficient (Wildman–Crippen LogP) is 1.90. The van der Waals surface area contributed by atoms with Crippen LogP contribution in [0.25, 0.3) is 0 Å². The summed E-state index contributed by atoms with van der Waals surface area (Å²) in [6.45, 7) is 4.70. The van der Waals surface area contributed by atoms with E-state index in [1.54, 1.807) is 0 Å². The smallest absolute Gasteiger partial charge is 0.0897 e. The van der Waals surface area contributed by atoms with Crippen LogP contribution in [0.15, 0.2) is 0 Å². The molecule has 0 radical (unpaired) electrons. The molecule has 0 aromatic rings. The quantitative estimate of drug-likeness (QED) is 0.518. The molecule has 0 spiro atoms. The number of aliphatic hydroxyl groups excluding tert-OH is 1. The fraction of sp³-hybridized carbons (Fsp3) is 1.00. The van der Waals surface area contributed by atoms with Crippen LogP contribution in [0.2, 0.25) is 0 Å². The van der Waals surface area contributed by atoms with Gasteiger partial charge in [0.2, 0.25) is 0 Å². The molecule has 3 nitrogen and oxygen atoms in total. The van der Waals surface area contributed by atoms with E-state index in [-0.39, 0.29) is 6.10 Å². The van der Waals surface area contributed by atoms with E-state index in [2.05, 4.69) is 11.6 Å². The minimum Gasteiger partial charge on any atom is -0.389 e. The molecular weight excluding hydrogens is 222 g/mol. The molecule has 0 heterocycles. The summed E-state index contributed by atoms with van der Waals surface area (Å²) < 4.78 is 5.13. The first-order valence-electron chi connectivity index (χ1n) is 6.26. The summed E-state index contributed by atoms with van der Waals surface area (Å²) in [5, 5.41) is 12.7. The summed E-state index contributed by atoms with van der Waals surface area (Å²) >= 11 is 1.92. The van der Waals surface area contributed by atoms with Gasteiger partial charge in [0, 0.05) is 13.2 Å². The van der Waals surface area contributed by atoms with Crippen molar-refractivity contribution >= 4 is 11.8 Å². The van der Waals surface area contributed by atoms with Crippen molar-refractivity contribution in [2.75, 3.05) is 38.3 Å². The van der Waals surface area contributed by atoms with Crippen LogP contribution in [0.5, 0.6) is 0 Å². The molecule has 2 N–H and O–H groups in total. The van der Waals surface area contributed by atoms with E-state index in [0.29, 0.717) is 19.8 Å². The third kappa shape index (κ3) is 12.3. The lowest BCUT2D eigenvalue weighted by atomic mass is 10.2. The summed E-state index contributed by atoms with van der Waals surface area (Å²) in [5.74, 6) is 1.28. The van der Waals surface area contributed by atoms with E-state index in [9.17, 15) is 5.11 Å². The molecule has 98 valence electrons. The normalized spacial score (nSPS) is 12.9. The Hall–Kier alpha value is 0.230. The third-order valence-corrected chi connectivity index (χ3v) is 3.04. The largest absolute Gasteiger partial charge is 0.389 e. The second-order valence-electron chi connectivity index (χ2n) is 3.92. The van der Waals surface area contributed by atoms with Crippen LogP contribution in [0.4, 0.5) is 0 Å². The van der Waals surface area contributed by atoms with E-state index in [1.165, 1.54) is 31.4 Å². The Labute approximate surface area is 104 Å². The number of ether oxygens (including phenoxy) is 1. The van der Waals surface area contributed by atoms with Crippen LogP contribution in [0.1, 0.15) is 32.6 Å². The van der Waals surface area contributed by atoms with E-state index < -0.39 is 0 Å². The molecule has 0 aromatic heterocycles. The molecule has 1 unspecified atom stereocenters. The van der Waals surface area contributed by atoms with Gasteiger partial charge in [-0.1, -0.05) is 12.8 Å². The van der Waals surface area contributed by atoms with Crippen LogP contribution in [0, 0.1) is 0 Å². The maximum atomic E-state index is 9.46. The van der Waals surface area contributed by atoms with Gasteiger partial charge in [-0.3, -0.25) is 0 Å². The van der Waals surface area contributed by atoms with E-state index in [0.717, 1.165) is 6.54 Å². The number of aliphatic hydroxyl groups is 1. The SMILES string of the molecule is CCOCC(O)CNCCCCCCSC. The second kappa shape index (κ2) is 13.3. The highest BCUT2D eigenvalue weighted by atomic mass is 32.2. The van der Waals surface area contributed by atoms with E-state index >= 15 is 0 Å². The fourth-order valence-electron chi connectivity index (χ4n) is 1.43. The molecule has 0 aliphatic carbocycles. The van der Waals surface area contributed by atoms with Crippen molar-refractivity contribution in [1.82, 2.24) is 5.32 Å². The van der Waals surface area contributed by atoms with Crippen molar-refractivity contribution in [3.05, 3.63) is 0 Å². The number of hydrogen-bond donors (Lipinski definition) is 2. The summed E-state index contributed by atoms with van der Waals surface area (Å²) in [7, 11) is 0. The Bertz CT molecular complexity index is 136. The molecule has 0 amide bonds. The van der Waals surface area contributed by atoms with Crippen molar-refractivity contribution in [1.29, 1.82) is 0 Å². The molecule has 0 rings (SSSR count). The summed E-state index contributed by atoms with van der Waals surface area (Å²) in [5.41, 5.74) is 0. The number of rotatable bonds is 12. The Balaban J connectivity index is 3.02. The summed E-state index contributed by atoms with van der Waals surface area (Å²) in [6.07, 6.45) is 6.93. The molecule has 1 atom stereocenters. The molecule has 4 heteroatoms. The van der Waals surface area contributed by atoms with Gasteiger partial charge in [0.15, 0.2) is 0 Å². The summed E-state index contributed by atoms with van der Waals surface area (Å²) in [4.78, 5) is 0. The Morgan fingerprint density at radius 2 is 2.00 bits per heavy atom. The monoisotopic (exact) mass is 249 g/mol. The maximum Gasteiger partial charge on any atom is 0.0897 e. The number of hydrogen-bond acceptors (Lipinski definition) is 4. The molecule has 0 saturated carbocycles. The molecule has 0 bridgehead atoms. The highest BCUT2D eigenvalue weighted by Crippen LogP contribution is 2.03. The zero-order chi connectivity index (χ0) is 12.1. The standard InChI is InChI=1S/C12H27NO2S/c1-3-15-11-12(14)10-13-8-6-4-5-7-9-16-2/h12-14H,3-11H2,1-2H3. The predicted molar refractivity (Wildman–Crippen MR) is 72.2 cm³/mol. The van der Waals surface area contributed by atoms with Gasteiger partial charge in [-0.25, -0.2) is 0 Å². The first kappa shape index (κ1) is 16.2. The highest BCUT2D eigenvalue weighted by Gasteiger charge is 2.01. The van der Waals surface area contributed by atoms with Gasteiger partial charge in [-0.05, 0) is 38.3 Å². The van der Waals surface area contributed by atoms with Crippen LogP contribution in [-0.4, -0.2) is 49.5 Å². The van der Waals surface area contributed by atoms with Gasteiger partial charge in [-0.2, -0.15) is 11.8 Å². The number of thioether (sulfide) groups is 1. The Kier molecular flexibility index (Phi) is 13.5. The second-order valence-corrected chi connectivity index (χ2v) is 4.91. The number of nitrogens with one attached hydrogen (secondary N) is 1. The van der Waals surface area contributed by atoms with Gasteiger partial charge >= 0.3 is 0 Å². The molecule has 0 aromatic carbocycles. The van der Waals surface area contributed by atoms with Gasteiger partial charge in [-0.15, -0.1) is 0 Å². The average molecular weight is 249 g/mol. The zero-order valence-electron chi connectivity index (χ0n) is 10.7. The zero-order valence-corrected chi connectivity index (χ0v) is 11.5. The molecular formula is C12H27NO2S. The molecule has 0 fully saturated rings. The van der Waals surface area contributed by atoms with Crippen molar-refractivity contribution in [2.45, 2.75) is 38.7 Å². The van der Waals surface area contributed by atoms with E-state index in [1.807, 2.05) is 18.7 Å². The van der Waals surface area contributed by atoms with Crippen LogP contribution in [-0.2, 0) is 4.74 Å². The van der Waals surface area contributed by atoms with Gasteiger partial charge in [0.25, 0.3) is 0 Å². The van der Waals surface area contributed by atoms with Crippen molar-refractivity contribution in [3.63, 3.8) is 0 Å². The topological polar surface area (TPSA) is 41.5 Å². The van der Waals surface area contributed by atoms with Crippen LogP contribution in [0.3, 0.4) is 0 Å². The maximum absolute atomic E-state index is 9.46. The average Bonchev–Trinajstić information content (AvgIpc) is 2.30. The first-order valence-corrected chi connectivity index (χ1v) is 7.66. The Morgan fingerprint density at radius 1 is 1.25 bits per heavy atom. The highest BCUT2D eigenvalue weighted by molar-refractivity contribution is 7.98. The van der Waals surface area contributed by atoms with Gasteiger partial charge in [0.05, 0.1) is 12.7 Å². The fourth-order valence-corrected chi connectivity index (χ4v) is 1.92. The number of unbranched alkanes of at least 4 members (excludes halogenated alkanes) is 3. The van der Waals surface area contributed by atoms with Crippen molar-refractivity contribution in [2.24, 2.45) is 0 Å². The lowest BCUT2D eigenvalue weighted by Crippen LogP contribution is -2.31. The van der Waals surface area contributed by atoms with Gasteiger partial charge < -0.3 is 15.2 Å². The van der Waals surface area contributed by atoms with Crippen LogP contribution >= 0.6 is 11.8 Å². The first-order chi connectivity index (χ1) is 7.81. The van der Waals surface area contributed by atoms with E-state index in [4.69, 9.17) is 4.74 Å². The minimum atomic E-state index is -0.364. The van der Waals surface area contributed by atoms with Crippen LogP contribution < -0.4 is 5.32 Å². The molecule has 16 heavy (non-hydrogen) atoms. The minimum absolute atomic E-state index is 0.364. The van der Waals surface area contributed by atoms with Crippen molar-refractivity contribution in [3.8, 4) is 0 Å². The summed E-state index contributed by atoms with van der Waals surface area (Å²) in [6, 6.07) is 0. The Morgan fingerprint density at radius 3 is 2.69 bits per heavy atom. The third-order valence-electron chi connectivity index (χ3n) is 2.35. The lowest BCUT2D eigenvalue weighted by Gasteiger charge is -2.11. The van der Waals surface area contributed by atoms with Crippen molar-refractivity contribution < 1.29 is 9.84 Å². The molecule has 0 aliphatic rings. The molecule has 0 saturated heterocycles. The lowest BCUT2D eigenvalue weighted by molar-refractivity contribution is 0.0429.